The Morgan fingerprint density at radius 1 is 1.38 bits per heavy atom. The molecule has 1 aliphatic heterocycles. The summed E-state index contributed by atoms with van der Waals surface area (Å²) in [5.74, 6) is 1.21. The molecule has 0 spiro atoms. The van der Waals surface area contributed by atoms with Gasteiger partial charge in [-0.05, 0) is 30.1 Å². The second-order valence-corrected chi connectivity index (χ2v) is 7.71. The highest BCUT2D eigenvalue weighted by atomic mass is 32.2. The molecule has 4 aliphatic rings. The fourth-order valence-electron chi connectivity index (χ4n) is 3.72. The zero-order valence-electron chi connectivity index (χ0n) is 9.89. The summed E-state index contributed by atoms with van der Waals surface area (Å²) in [4.78, 5) is 0. The first-order valence-corrected chi connectivity index (χ1v) is 7.59. The topological polar surface area (TPSA) is 55.9 Å². The number of hydrogen-bond acceptors (Lipinski definition) is 4. The van der Waals surface area contributed by atoms with Gasteiger partial charge in [0.1, 0.15) is 5.60 Å². The van der Waals surface area contributed by atoms with E-state index in [9.17, 15) is 8.42 Å². The average molecular weight is 246 g/mol. The minimum absolute atomic E-state index is 0.206. The fraction of sp³-hybridized carbons (Fsp3) is 1.00. The van der Waals surface area contributed by atoms with Crippen LogP contribution >= 0.6 is 0 Å². The quantitative estimate of drug-likeness (QED) is 0.554. The molecule has 0 N–H and O–H groups in total. The van der Waals surface area contributed by atoms with Gasteiger partial charge >= 0.3 is 0 Å². The van der Waals surface area contributed by atoms with E-state index in [1.54, 1.807) is 0 Å². The van der Waals surface area contributed by atoms with Crippen LogP contribution in [-0.2, 0) is 19.0 Å². The summed E-state index contributed by atoms with van der Waals surface area (Å²) in [7, 11) is -3.36. The Hall–Kier alpha value is -0.130. The van der Waals surface area contributed by atoms with Gasteiger partial charge in [-0.25, -0.2) is 0 Å². The lowest BCUT2D eigenvalue weighted by atomic mass is 9.45. The van der Waals surface area contributed by atoms with Gasteiger partial charge in [0.25, 0.3) is 10.1 Å². The molecular weight excluding hydrogens is 228 g/mol. The summed E-state index contributed by atoms with van der Waals surface area (Å²) in [5.41, 5.74) is -0.00477. The van der Waals surface area contributed by atoms with Gasteiger partial charge in [-0.1, -0.05) is 13.8 Å². The van der Waals surface area contributed by atoms with E-state index in [1.165, 1.54) is 0 Å². The van der Waals surface area contributed by atoms with Gasteiger partial charge in [0.15, 0.2) is 0 Å². The van der Waals surface area contributed by atoms with Crippen LogP contribution in [0.4, 0.5) is 0 Å². The van der Waals surface area contributed by atoms with E-state index in [1.807, 2.05) is 0 Å². The molecule has 0 radical (unpaired) electrons. The Bertz CT molecular complexity index is 427. The highest BCUT2D eigenvalue weighted by molar-refractivity contribution is 7.85. The molecule has 16 heavy (non-hydrogen) atoms. The van der Waals surface area contributed by atoms with Crippen LogP contribution in [0, 0.1) is 17.3 Å². The van der Waals surface area contributed by atoms with Crippen LogP contribution in [0.3, 0.4) is 0 Å². The number of rotatable bonds is 3. The molecule has 0 aromatic heterocycles. The molecule has 0 unspecified atom stereocenters. The number of ether oxygens (including phenoxy) is 1. The van der Waals surface area contributed by atoms with Gasteiger partial charge in [-0.3, -0.25) is 4.18 Å². The molecule has 2 bridgehead atoms. The Balaban J connectivity index is 1.76. The highest BCUT2D eigenvalue weighted by Gasteiger charge is 2.75. The lowest BCUT2D eigenvalue weighted by molar-refractivity contribution is -0.0940. The normalized spacial score (nSPS) is 48.1. The van der Waals surface area contributed by atoms with Crippen LogP contribution in [0.1, 0.15) is 26.7 Å². The van der Waals surface area contributed by atoms with Crippen LogP contribution in [0.5, 0.6) is 0 Å². The van der Waals surface area contributed by atoms with E-state index in [0.717, 1.165) is 25.0 Å². The second kappa shape index (κ2) is 2.82. The standard InChI is InChI=1S/C11H18O4S/c1-10(2)7-4-8(10)11(9(5-7)15-11)6-14-16(3,12)13/h7-9H,4-6H2,1-3H3/t7-,8-,9+,11-/m1/s1. The Morgan fingerprint density at radius 3 is 2.62 bits per heavy atom. The first kappa shape index (κ1) is 11.0. The van der Waals surface area contributed by atoms with E-state index < -0.39 is 10.1 Å². The zero-order valence-corrected chi connectivity index (χ0v) is 10.7. The minimum atomic E-state index is -3.36. The molecule has 1 heterocycles. The largest absolute Gasteiger partial charge is 0.363 e. The van der Waals surface area contributed by atoms with E-state index >= 15 is 0 Å². The van der Waals surface area contributed by atoms with Gasteiger partial charge in [-0.15, -0.1) is 0 Å². The maximum Gasteiger partial charge on any atom is 0.264 e. The lowest BCUT2D eigenvalue weighted by Crippen LogP contribution is -2.58. The molecule has 1 saturated heterocycles. The van der Waals surface area contributed by atoms with Crippen molar-refractivity contribution in [3.8, 4) is 0 Å². The van der Waals surface area contributed by atoms with Crippen molar-refractivity contribution in [1.82, 2.24) is 0 Å². The monoisotopic (exact) mass is 246 g/mol. The van der Waals surface area contributed by atoms with Crippen molar-refractivity contribution >= 4 is 10.1 Å². The van der Waals surface area contributed by atoms with Gasteiger partial charge in [0, 0.05) is 0 Å². The molecule has 92 valence electrons. The molecule has 3 aliphatic carbocycles. The van der Waals surface area contributed by atoms with Gasteiger partial charge in [0.05, 0.1) is 19.0 Å². The van der Waals surface area contributed by atoms with Crippen molar-refractivity contribution in [2.75, 3.05) is 12.9 Å². The zero-order chi connectivity index (χ0) is 11.8. The molecular formula is C11H18O4S. The van der Waals surface area contributed by atoms with Gasteiger partial charge in [0.2, 0.25) is 0 Å². The predicted molar refractivity (Wildman–Crippen MR) is 58.4 cm³/mol. The smallest absolute Gasteiger partial charge is 0.264 e. The Morgan fingerprint density at radius 2 is 2.06 bits per heavy atom. The molecule has 3 saturated carbocycles. The van der Waals surface area contributed by atoms with Crippen molar-refractivity contribution in [2.24, 2.45) is 17.3 Å². The molecule has 4 fully saturated rings. The molecule has 5 heteroatoms. The third-order valence-corrected chi connectivity index (χ3v) is 5.45. The summed E-state index contributed by atoms with van der Waals surface area (Å²) < 4.78 is 32.8. The van der Waals surface area contributed by atoms with Crippen LogP contribution in [0.15, 0.2) is 0 Å². The fourth-order valence-corrected chi connectivity index (χ4v) is 4.11. The number of epoxide rings is 1. The van der Waals surface area contributed by atoms with E-state index in [2.05, 4.69) is 13.8 Å². The van der Waals surface area contributed by atoms with Crippen molar-refractivity contribution in [3.05, 3.63) is 0 Å². The third kappa shape index (κ3) is 1.31. The Labute approximate surface area is 96.4 Å². The van der Waals surface area contributed by atoms with E-state index in [-0.39, 0.29) is 23.7 Å². The molecule has 4 rings (SSSR count). The van der Waals surface area contributed by atoms with Crippen molar-refractivity contribution < 1.29 is 17.3 Å². The Kier molecular flexibility index (Phi) is 1.93. The maximum absolute atomic E-state index is 11.0. The van der Waals surface area contributed by atoms with Gasteiger partial charge < -0.3 is 4.74 Å². The van der Waals surface area contributed by atoms with E-state index in [0.29, 0.717) is 5.92 Å². The van der Waals surface area contributed by atoms with Gasteiger partial charge in [-0.2, -0.15) is 8.42 Å². The third-order valence-electron chi connectivity index (χ3n) is 4.91. The van der Waals surface area contributed by atoms with Crippen LogP contribution in [0.2, 0.25) is 0 Å². The first-order chi connectivity index (χ1) is 7.26. The van der Waals surface area contributed by atoms with Crippen molar-refractivity contribution in [1.29, 1.82) is 0 Å². The second-order valence-electron chi connectivity index (χ2n) is 6.07. The van der Waals surface area contributed by atoms with Crippen LogP contribution in [0.25, 0.3) is 0 Å². The highest BCUT2D eigenvalue weighted by Crippen LogP contribution is 2.70. The average Bonchev–Trinajstić information content (AvgIpc) is 2.87. The maximum atomic E-state index is 11.0. The first-order valence-electron chi connectivity index (χ1n) is 5.78. The molecule has 0 aromatic carbocycles. The van der Waals surface area contributed by atoms with Crippen LogP contribution < -0.4 is 0 Å². The molecule has 0 aromatic rings. The van der Waals surface area contributed by atoms with Crippen molar-refractivity contribution in [2.45, 2.75) is 38.4 Å². The predicted octanol–water partition coefficient (Wildman–Crippen LogP) is 1.17. The summed E-state index contributed by atoms with van der Waals surface area (Å²) in [6.07, 6.45) is 3.57. The SMILES string of the molecule is CC1(C)[C@H]2C[C@@H]3O[C@]3(COS(C)(=O)=O)[C@@H]1C2. The number of hydrogen-bond donors (Lipinski definition) is 0. The van der Waals surface area contributed by atoms with Crippen molar-refractivity contribution in [3.63, 3.8) is 0 Å². The minimum Gasteiger partial charge on any atom is -0.363 e. The summed E-state index contributed by atoms with van der Waals surface area (Å²) in [6.45, 7) is 4.72. The summed E-state index contributed by atoms with van der Waals surface area (Å²) >= 11 is 0. The van der Waals surface area contributed by atoms with Crippen LogP contribution in [-0.4, -0.2) is 33.0 Å². The molecule has 0 amide bonds. The summed E-state index contributed by atoms with van der Waals surface area (Å²) in [6, 6.07) is 0. The molecule has 4 atom stereocenters. The lowest BCUT2D eigenvalue weighted by Gasteiger charge is -2.57. The van der Waals surface area contributed by atoms with E-state index in [4.69, 9.17) is 8.92 Å². The summed E-state index contributed by atoms with van der Waals surface area (Å²) in [5, 5.41) is 0. The molecule has 4 nitrogen and oxygen atoms in total.